The summed E-state index contributed by atoms with van der Waals surface area (Å²) in [5.74, 6) is -1.19. The Kier molecular flexibility index (Phi) is 7.32. The van der Waals surface area contributed by atoms with Crippen LogP contribution in [0.1, 0.15) is 10.4 Å². The van der Waals surface area contributed by atoms with E-state index in [1.807, 2.05) is 22.6 Å². The second-order valence-electron chi connectivity index (χ2n) is 4.85. The van der Waals surface area contributed by atoms with Crippen molar-refractivity contribution < 1.29 is 24.2 Å². The van der Waals surface area contributed by atoms with Gasteiger partial charge in [-0.2, -0.15) is 0 Å². The molecular formula is C15H14ClFIN3O4. The summed E-state index contributed by atoms with van der Waals surface area (Å²) in [6.45, 7) is -0.800. The van der Waals surface area contributed by atoms with Crippen molar-refractivity contribution in [2.75, 3.05) is 18.5 Å². The predicted molar refractivity (Wildman–Crippen MR) is 98.2 cm³/mol. The van der Waals surface area contributed by atoms with Crippen molar-refractivity contribution in [3.8, 4) is 0 Å². The van der Waals surface area contributed by atoms with Gasteiger partial charge in [0.1, 0.15) is 18.5 Å². The summed E-state index contributed by atoms with van der Waals surface area (Å²) in [4.78, 5) is 20.9. The van der Waals surface area contributed by atoms with Gasteiger partial charge < -0.3 is 15.5 Å². The van der Waals surface area contributed by atoms with Gasteiger partial charge in [0, 0.05) is 9.77 Å². The first kappa shape index (κ1) is 19.8. The van der Waals surface area contributed by atoms with Crippen molar-refractivity contribution in [2.45, 2.75) is 6.10 Å². The smallest absolute Gasteiger partial charge is 0.277 e. The van der Waals surface area contributed by atoms with Gasteiger partial charge in [0.25, 0.3) is 5.91 Å². The normalized spacial score (nSPS) is 11.9. The molecule has 1 amide bonds. The van der Waals surface area contributed by atoms with E-state index >= 15 is 0 Å². The summed E-state index contributed by atoms with van der Waals surface area (Å²) in [7, 11) is 0. The molecule has 1 aromatic heterocycles. The number of pyridine rings is 1. The van der Waals surface area contributed by atoms with Crippen molar-refractivity contribution in [1.29, 1.82) is 0 Å². The molecule has 0 saturated carbocycles. The molecule has 1 aromatic carbocycles. The number of aliphatic hydroxyl groups is 2. The highest BCUT2D eigenvalue weighted by molar-refractivity contribution is 14.1. The fraction of sp³-hybridized carbons (Fsp3) is 0.200. The maximum atomic E-state index is 14.0. The molecule has 0 aliphatic carbocycles. The molecule has 4 N–H and O–H groups in total. The molecule has 2 rings (SSSR count). The van der Waals surface area contributed by atoms with E-state index in [0.717, 1.165) is 0 Å². The Morgan fingerprint density at radius 2 is 2.20 bits per heavy atom. The maximum absolute atomic E-state index is 14.0. The van der Waals surface area contributed by atoms with Crippen molar-refractivity contribution in [2.24, 2.45) is 0 Å². The van der Waals surface area contributed by atoms with Crippen molar-refractivity contribution >= 4 is 51.5 Å². The van der Waals surface area contributed by atoms with E-state index in [9.17, 15) is 14.3 Å². The molecule has 10 heteroatoms. The lowest BCUT2D eigenvalue weighted by atomic mass is 10.2. The van der Waals surface area contributed by atoms with Crippen molar-refractivity contribution in [1.82, 2.24) is 10.5 Å². The Balaban J connectivity index is 2.19. The van der Waals surface area contributed by atoms with E-state index in [0.29, 0.717) is 3.57 Å². The second-order valence-corrected chi connectivity index (χ2v) is 6.46. The van der Waals surface area contributed by atoms with Crippen LogP contribution in [0.25, 0.3) is 0 Å². The number of anilines is 2. The molecule has 0 aliphatic rings. The van der Waals surface area contributed by atoms with Gasteiger partial charge in [-0.1, -0.05) is 11.6 Å². The number of halogens is 3. The Morgan fingerprint density at radius 3 is 2.88 bits per heavy atom. The van der Waals surface area contributed by atoms with Crippen LogP contribution >= 0.6 is 34.2 Å². The van der Waals surface area contributed by atoms with Gasteiger partial charge in [0.05, 0.1) is 23.5 Å². The van der Waals surface area contributed by atoms with Gasteiger partial charge in [-0.05, 0) is 46.9 Å². The van der Waals surface area contributed by atoms with E-state index in [2.05, 4.69) is 15.8 Å². The molecule has 0 bridgehead atoms. The van der Waals surface area contributed by atoms with Crippen LogP contribution in [0.3, 0.4) is 0 Å². The highest BCUT2D eigenvalue weighted by Crippen LogP contribution is 2.29. The standard InChI is InChI=1S/C15H14ClFIN3O4/c16-14-13(20-12-2-1-8(18)5-11(12)17)10(3-4-19-14)15(24)21-25-7-9(23)6-22/h1-5,9,20,22-23H,6-7H2,(H,21,24)/t9-/m1/s1. The number of aromatic nitrogens is 1. The summed E-state index contributed by atoms with van der Waals surface area (Å²) in [5.41, 5.74) is 2.41. The molecule has 25 heavy (non-hydrogen) atoms. The van der Waals surface area contributed by atoms with Crippen LogP contribution in [0.4, 0.5) is 15.8 Å². The summed E-state index contributed by atoms with van der Waals surface area (Å²) in [5, 5.41) is 20.6. The third-order valence-electron chi connectivity index (χ3n) is 2.99. The third-order valence-corrected chi connectivity index (χ3v) is 3.95. The number of rotatable bonds is 7. The van der Waals surface area contributed by atoms with Gasteiger partial charge in [-0.25, -0.2) is 14.9 Å². The monoisotopic (exact) mass is 481 g/mol. The first-order valence-corrected chi connectivity index (χ1v) is 8.45. The summed E-state index contributed by atoms with van der Waals surface area (Å²) in [6, 6.07) is 5.90. The first-order chi connectivity index (χ1) is 11.9. The van der Waals surface area contributed by atoms with Crippen LogP contribution in [-0.2, 0) is 4.84 Å². The van der Waals surface area contributed by atoms with Crippen LogP contribution in [0, 0.1) is 9.39 Å². The molecule has 0 unspecified atom stereocenters. The molecule has 7 nitrogen and oxygen atoms in total. The highest BCUT2D eigenvalue weighted by atomic mass is 127. The zero-order chi connectivity index (χ0) is 18.4. The number of nitrogens with zero attached hydrogens (tertiary/aromatic N) is 1. The highest BCUT2D eigenvalue weighted by Gasteiger charge is 2.17. The predicted octanol–water partition coefficient (Wildman–Crippen LogP) is 2.24. The molecule has 1 atom stereocenters. The van der Waals surface area contributed by atoms with E-state index in [1.54, 1.807) is 6.07 Å². The molecule has 0 fully saturated rings. The van der Waals surface area contributed by atoms with Gasteiger partial charge in [0.15, 0.2) is 5.15 Å². The summed E-state index contributed by atoms with van der Waals surface area (Å²) < 4.78 is 14.7. The lowest BCUT2D eigenvalue weighted by molar-refractivity contribution is -0.0295. The average molecular weight is 482 g/mol. The fourth-order valence-corrected chi connectivity index (χ4v) is 2.44. The lowest BCUT2D eigenvalue weighted by Crippen LogP contribution is -2.30. The minimum Gasteiger partial charge on any atom is -0.394 e. The van der Waals surface area contributed by atoms with Crippen LogP contribution in [0.5, 0.6) is 0 Å². The molecular weight excluding hydrogens is 468 g/mol. The van der Waals surface area contributed by atoms with E-state index < -0.39 is 24.4 Å². The number of hydrogen-bond acceptors (Lipinski definition) is 6. The summed E-state index contributed by atoms with van der Waals surface area (Å²) >= 11 is 8.00. The SMILES string of the molecule is O=C(NOC[C@H](O)CO)c1ccnc(Cl)c1Nc1ccc(I)cc1F. The molecule has 134 valence electrons. The molecule has 0 spiro atoms. The third kappa shape index (κ3) is 5.47. The molecule has 0 radical (unpaired) electrons. The Bertz CT molecular complexity index is 766. The zero-order valence-electron chi connectivity index (χ0n) is 12.7. The topological polar surface area (TPSA) is 104 Å². The number of hydroxylamine groups is 1. The van der Waals surface area contributed by atoms with Gasteiger partial charge in [0.2, 0.25) is 0 Å². The van der Waals surface area contributed by atoms with Gasteiger partial charge in [-0.15, -0.1) is 0 Å². The largest absolute Gasteiger partial charge is 0.394 e. The number of nitrogens with one attached hydrogen (secondary N) is 2. The number of benzene rings is 1. The number of carbonyl (C=O) groups excluding carboxylic acids is 1. The minimum atomic E-state index is -1.13. The first-order valence-electron chi connectivity index (χ1n) is 7.00. The van der Waals surface area contributed by atoms with Crippen LogP contribution in [-0.4, -0.2) is 40.4 Å². The Labute approximate surface area is 161 Å². The van der Waals surface area contributed by atoms with Gasteiger partial charge >= 0.3 is 0 Å². The van der Waals surface area contributed by atoms with E-state index in [4.69, 9.17) is 21.5 Å². The molecule has 1 heterocycles. The molecule has 0 aliphatic heterocycles. The van der Waals surface area contributed by atoms with E-state index in [-0.39, 0.29) is 28.7 Å². The minimum absolute atomic E-state index is 0.0269. The molecule has 0 saturated heterocycles. The van der Waals surface area contributed by atoms with Crippen LogP contribution in [0.2, 0.25) is 5.15 Å². The quantitative estimate of drug-likeness (QED) is 0.275. The zero-order valence-corrected chi connectivity index (χ0v) is 15.6. The number of hydrogen-bond donors (Lipinski definition) is 4. The van der Waals surface area contributed by atoms with Crippen LogP contribution < -0.4 is 10.8 Å². The maximum Gasteiger partial charge on any atom is 0.277 e. The fourth-order valence-electron chi connectivity index (χ4n) is 1.78. The second kappa shape index (κ2) is 9.25. The van der Waals surface area contributed by atoms with E-state index in [1.165, 1.54) is 24.4 Å². The Hall–Kier alpha value is -1.53. The summed E-state index contributed by atoms with van der Waals surface area (Å²) in [6.07, 6.45) is 0.190. The number of amides is 1. The lowest BCUT2D eigenvalue weighted by Gasteiger charge is -2.14. The van der Waals surface area contributed by atoms with Crippen molar-refractivity contribution in [3.05, 3.63) is 50.6 Å². The van der Waals surface area contributed by atoms with Crippen LogP contribution in [0.15, 0.2) is 30.5 Å². The number of carbonyl (C=O) groups is 1. The van der Waals surface area contributed by atoms with Gasteiger partial charge in [-0.3, -0.25) is 9.63 Å². The van der Waals surface area contributed by atoms with Crippen molar-refractivity contribution in [3.63, 3.8) is 0 Å². The average Bonchev–Trinajstić information content (AvgIpc) is 2.58. The molecule has 2 aromatic rings. The number of aliphatic hydroxyl groups excluding tert-OH is 2. The Morgan fingerprint density at radius 1 is 1.44 bits per heavy atom.